The summed E-state index contributed by atoms with van der Waals surface area (Å²) >= 11 is 0. The second kappa shape index (κ2) is 6.23. The van der Waals surface area contributed by atoms with Crippen LogP contribution in [0.2, 0.25) is 0 Å². The van der Waals surface area contributed by atoms with Crippen molar-refractivity contribution in [3.63, 3.8) is 0 Å². The molecule has 130 valence electrons. The highest BCUT2D eigenvalue weighted by Gasteiger charge is 2.31. The molecule has 25 heavy (non-hydrogen) atoms. The third-order valence-electron chi connectivity index (χ3n) is 4.92. The van der Waals surface area contributed by atoms with Gasteiger partial charge >= 0.3 is 6.18 Å². The van der Waals surface area contributed by atoms with Crippen molar-refractivity contribution in [1.82, 2.24) is 9.88 Å². The molecule has 0 amide bonds. The maximum absolute atomic E-state index is 13.1. The Hall–Kier alpha value is -2.27. The first-order valence-corrected chi connectivity index (χ1v) is 8.50. The zero-order chi connectivity index (χ0) is 17.4. The number of nitrogens with zero attached hydrogens (tertiary/aromatic N) is 1. The maximum atomic E-state index is 13.1. The first kappa shape index (κ1) is 16.2. The summed E-state index contributed by atoms with van der Waals surface area (Å²) in [4.78, 5) is 0. The lowest BCUT2D eigenvalue weighted by atomic mass is 10.0. The molecule has 4 rings (SSSR count). The van der Waals surface area contributed by atoms with Crippen LogP contribution < -0.4 is 5.32 Å². The molecule has 0 radical (unpaired) electrons. The molecule has 3 aromatic rings. The fourth-order valence-corrected chi connectivity index (χ4v) is 3.70. The highest BCUT2D eigenvalue weighted by molar-refractivity contribution is 5.86. The van der Waals surface area contributed by atoms with Crippen LogP contribution in [0.1, 0.15) is 22.4 Å². The summed E-state index contributed by atoms with van der Waals surface area (Å²) in [7, 11) is 0. The Kier molecular flexibility index (Phi) is 4.04. The predicted octanol–water partition coefficient (Wildman–Crippen LogP) is 4.55. The molecule has 0 fully saturated rings. The molecule has 1 aliphatic heterocycles. The van der Waals surface area contributed by atoms with Gasteiger partial charge in [0.2, 0.25) is 0 Å². The second-order valence-electron chi connectivity index (χ2n) is 6.47. The topological polar surface area (TPSA) is 17.0 Å². The minimum absolute atomic E-state index is 0.575. The summed E-state index contributed by atoms with van der Waals surface area (Å²) in [5, 5.41) is 4.01. The van der Waals surface area contributed by atoms with Crippen LogP contribution in [0.5, 0.6) is 0 Å². The molecule has 0 unspecified atom stereocenters. The van der Waals surface area contributed by atoms with E-state index in [9.17, 15) is 13.2 Å². The van der Waals surface area contributed by atoms with Crippen LogP contribution in [0.3, 0.4) is 0 Å². The molecule has 0 atom stereocenters. The Morgan fingerprint density at radius 3 is 2.60 bits per heavy atom. The van der Waals surface area contributed by atoms with E-state index in [-0.39, 0.29) is 0 Å². The standard InChI is InChI=1S/C20H19F3N2/c21-20(22,23)15-6-7-18-16(12-15)17-13-24-10-8-19(17)25(18)11-9-14-4-2-1-3-5-14/h1-7,12,24H,8-11,13H2. The Morgan fingerprint density at radius 2 is 1.84 bits per heavy atom. The lowest BCUT2D eigenvalue weighted by molar-refractivity contribution is -0.137. The molecule has 1 N–H and O–H groups in total. The molecule has 2 aromatic carbocycles. The van der Waals surface area contributed by atoms with Gasteiger partial charge in [0.1, 0.15) is 0 Å². The first-order valence-electron chi connectivity index (χ1n) is 8.50. The largest absolute Gasteiger partial charge is 0.416 e. The van der Waals surface area contributed by atoms with Crippen LogP contribution >= 0.6 is 0 Å². The third kappa shape index (κ3) is 3.04. The summed E-state index contributed by atoms with van der Waals surface area (Å²) in [6, 6.07) is 14.3. The van der Waals surface area contributed by atoms with Crippen molar-refractivity contribution in [3.05, 3.63) is 70.9 Å². The molecule has 0 saturated heterocycles. The molecule has 0 bridgehead atoms. The SMILES string of the molecule is FC(F)(F)c1ccc2c(c1)c1c(n2CCc2ccccc2)CCNC1. The predicted molar refractivity (Wildman–Crippen MR) is 92.5 cm³/mol. The van der Waals surface area contributed by atoms with E-state index >= 15 is 0 Å². The monoisotopic (exact) mass is 344 g/mol. The van der Waals surface area contributed by atoms with Crippen LogP contribution in [-0.4, -0.2) is 11.1 Å². The van der Waals surface area contributed by atoms with E-state index in [0.29, 0.717) is 6.54 Å². The fraction of sp³-hybridized carbons (Fsp3) is 0.300. The summed E-state index contributed by atoms with van der Waals surface area (Å²) in [6.45, 7) is 2.27. The molecule has 2 nitrogen and oxygen atoms in total. The van der Waals surface area contributed by atoms with Gasteiger partial charge in [-0.2, -0.15) is 13.2 Å². The Bertz CT molecular complexity index is 895. The van der Waals surface area contributed by atoms with E-state index in [2.05, 4.69) is 22.0 Å². The van der Waals surface area contributed by atoms with Crippen molar-refractivity contribution in [1.29, 1.82) is 0 Å². The van der Waals surface area contributed by atoms with Crippen molar-refractivity contribution in [2.24, 2.45) is 0 Å². The van der Waals surface area contributed by atoms with E-state index < -0.39 is 11.7 Å². The van der Waals surface area contributed by atoms with Crippen molar-refractivity contribution in [3.8, 4) is 0 Å². The zero-order valence-electron chi connectivity index (χ0n) is 13.7. The summed E-state index contributed by atoms with van der Waals surface area (Å²) in [5.41, 5.74) is 3.74. The van der Waals surface area contributed by atoms with Crippen LogP contribution in [0.15, 0.2) is 48.5 Å². The molecular weight excluding hydrogens is 325 g/mol. The summed E-state index contributed by atoms with van der Waals surface area (Å²) < 4.78 is 41.5. The van der Waals surface area contributed by atoms with Gasteiger partial charge in [-0.25, -0.2) is 0 Å². The van der Waals surface area contributed by atoms with Gasteiger partial charge in [-0.15, -0.1) is 0 Å². The van der Waals surface area contributed by atoms with Crippen LogP contribution in [0.25, 0.3) is 10.9 Å². The van der Waals surface area contributed by atoms with Gasteiger partial charge in [-0.05, 0) is 35.7 Å². The number of aryl methyl sites for hydroxylation is 2. The number of aromatic nitrogens is 1. The van der Waals surface area contributed by atoms with Crippen molar-refractivity contribution >= 4 is 10.9 Å². The quantitative estimate of drug-likeness (QED) is 0.738. The number of hydrogen-bond acceptors (Lipinski definition) is 1. The molecule has 1 aromatic heterocycles. The first-order chi connectivity index (χ1) is 12.0. The maximum Gasteiger partial charge on any atom is 0.416 e. The molecule has 2 heterocycles. The zero-order valence-corrected chi connectivity index (χ0v) is 13.7. The molecular formula is C20H19F3N2. The van der Waals surface area contributed by atoms with Crippen LogP contribution in [0, 0.1) is 0 Å². The van der Waals surface area contributed by atoms with Gasteiger partial charge in [0.15, 0.2) is 0 Å². The summed E-state index contributed by atoms with van der Waals surface area (Å²) in [5.74, 6) is 0. The van der Waals surface area contributed by atoms with Gasteiger partial charge < -0.3 is 9.88 Å². The molecule has 0 saturated carbocycles. The lowest BCUT2D eigenvalue weighted by Crippen LogP contribution is -2.24. The van der Waals surface area contributed by atoms with Gasteiger partial charge in [-0.1, -0.05) is 30.3 Å². The van der Waals surface area contributed by atoms with E-state index in [4.69, 9.17) is 0 Å². The Balaban J connectivity index is 1.77. The minimum Gasteiger partial charge on any atom is -0.344 e. The number of fused-ring (bicyclic) bond motifs is 3. The van der Waals surface area contributed by atoms with E-state index in [1.165, 1.54) is 23.4 Å². The number of rotatable bonds is 3. The number of nitrogens with one attached hydrogen (secondary N) is 1. The van der Waals surface area contributed by atoms with Crippen molar-refractivity contribution in [2.45, 2.75) is 32.1 Å². The fourth-order valence-electron chi connectivity index (χ4n) is 3.70. The molecule has 5 heteroatoms. The van der Waals surface area contributed by atoms with Gasteiger partial charge in [-0.3, -0.25) is 0 Å². The van der Waals surface area contributed by atoms with Crippen LogP contribution in [-0.2, 0) is 32.1 Å². The average molecular weight is 344 g/mol. The number of benzene rings is 2. The highest BCUT2D eigenvalue weighted by Crippen LogP contribution is 2.35. The van der Waals surface area contributed by atoms with E-state index in [1.54, 1.807) is 6.07 Å². The van der Waals surface area contributed by atoms with Crippen molar-refractivity contribution < 1.29 is 13.2 Å². The third-order valence-corrected chi connectivity index (χ3v) is 4.92. The Labute approximate surface area is 144 Å². The normalized spacial score (nSPS) is 14.7. The van der Waals surface area contributed by atoms with Crippen molar-refractivity contribution in [2.75, 3.05) is 6.54 Å². The summed E-state index contributed by atoms with van der Waals surface area (Å²) in [6.07, 6.45) is -2.60. The number of hydrogen-bond donors (Lipinski definition) is 1. The number of alkyl halides is 3. The smallest absolute Gasteiger partial charge is 0.344 e. The Morgan fingerprint density at radius 1 is 1.04 bits per heavy atom. The molecule has 0 aliphatic carbocycles. The number of halogens is 3. The average Bonchev–Trinajstić information content (AvgIpc) is 2.93. The van der Waals surface area contributed by atoms with E-state index in [0.717, 1.165) is 42.4 Å². The van der Waals surface area contributed by atoms with Gasteiger partial charge in [0.05, 0.1) is 5.56 Å². The molecule has 1 aliphatic rings. The van der Waals surface area contributed by atoms with E-state index in [1.807, 2.05) is 18.2 Å². The van der Waals surface area contributed by atoms with Gasteiger partial charge in [0, 0.05) is 42.7 Å². The lowest BCUT2D eigenvalue weighted by Gasteiger charge is -2.17. The van der Waals surface area contributed by atoms with Gasteiger partial charge in [0.25, 0.3) is 0 Å². The minimum atomic E-state index is -4.31. The molecule has 0 spiro atoms. The second-order valence-corrected chi connectivity index (χ2v) is 6.47. The van der Waals surface area contributed by atoms with Crippen LogP contribution in [0.4, 0.5) is 13.2 Å². The highest BCUT2D eigenvalue weighted by atomic mass is 19.4.